The first-order valence-electron chi connectivity index (χ1n) is 7.07. The van der Waals surface area contributed by atoms with E-state index in [1.807, 2.05) is 55.5 Å². The molecule has 2 aromatic heterocycles. The van der Waals surface area contributed by atoms with Crippen LogP contribution in [0.5, 0.6) is 0 Å². The highest BCUT2D eigenvalue weighted by Gasteiger charge is 2.14. The first-order chi connectivity index (χ1) is 10.3. The van der Waals surface area contributed by atoms with Crippen molar-refractivity contribution >= 4 is 0 Å². The summed E-state index contributed by atoms with van der Waals surface area (Å²) in [4.78, 5) is 16.9. The Labute approximate surface area is 123 Å². The van der Waals surface area contributed by atoms with Crippen molar-refractivity contribution in [2.75, 3.05) is 0 Å². The Morgan fingerprint density at radius 3 is 2.52 bits per heavy atom. The molecule has 0 atom stereocenters. The number of pyridine rings is 1. The highest BCUT2D eigenvalue weighted by Crippen LogP contribution is 2.11. The third-order valence-corrected chi connectivity index (χ3v) is 3.53. The lowest BCUT2D eigenvalue weighted by Gasteiger charge is -1.99. The van der Waals surface area contributed by atoms with Crippen molar-refractivity contribution in [3.05, 3.63) is 81.9 Å². The molecule has 0 fully saturated rings. The maximum absolute atomic E-state index is 12.6. The fraction of sp³-hybridized carbons (Fsp3) is 0.176. The summed E-state index contributed by atoms with van der Waals surface area (Å²) in [5.74, 6) is 0.622. The molecule has 106 valence electrons. The Hall–Kier alpha value is -2.62. The molecule has 0 saturated carbocycles. The lowest BCUT2D eigenvalue weighted by atomic mass is 10.0. The maximum atomic E-state index is 12.6. The highest BCUT2D eigenvalue weighted by molar-refractivity contribution is 5.31. The molecule has 4 nitrogen and oxygen atoms in total. The van der Waals surface area contributed by atoms with Crippen molar-refractivity contribution in [2.45, 2.75) is 19.8 Å². The summed E-state index contributed by atoms with van der Waals surface area (Å²) < 4.78 is 1.52. The minimum Gasteiger partial charge on any atom is -0.293 e. The number of hydrogen-bond donors (Lipinski definition) is 1. The Kier molecular flexibility index (Phi) is 3.69. The fourth-order valence-corrected chi connectivity index (χ4v) is 2.44. The van der Waals surface area contributed by atoms with Crippen LogP contribution >= 0.6 is 0 Å². The Bertz CT molecular complexity index is 773. The van der Waals surface area contributed by atoms with Gasteiger partial charge in [0.15, 0.2) is 5.82 Å². The lowest BCUT2D eigenvalue weighted by Crippen LogP contribution is -2.18. The smallest absolute Gasteiger partial charge is 0.276 e. The Balaban J connectivity index is 2.05. The summed E-state index contributed by atoms with van der Waals surface area (Å²) in [6.07, 6.45) is 3.11. The summed E-state index contributed by atoms with van der Waals surface area (Å²) in [6.45, 7) is 2.04. The van der Waals surface area contributed by atoms with Gasteiger partial charge in [0.25, 0.3) is 5.56 Å². The van der Waals surface area contributed by atoms with Crippen molar-refractivity contribution in [1.29, 1.82) is 0 Å². The minimum atomic E-state index is -0.0191. The first-order valence-corrected chi connectivity index (χ1v) is 7.07. The largest absolute Gasteiger partial charge is 0.293 e. The van der Waals surface area contributed by atoms with E-state index in [0.717, 1.165) is 23.2 Å². The van der Waals surface area contributed by atoms with Crippen LogP contribution in [0.2, 0.25) is 0 Å². The van der Waals surface area contributed by atoms with E-state index in [0.29, 0.717) is 12.2 Å². The number of hydrogen-bond acceptors (Lipinski definition) is 2. The summed E-state index contributed by atoms with van der Waals surface area (Å²) in [5.41, 5.74) is 2.90. The van der Waals surface area contributed by atoms with Gasteiger partial charge >= 0.3 is 0 Å². The van der Waals surface area contributed by atoms with E-state index in [2.05, 4.69) is 10.1 Å². The zero-order chi connectivity index (χ0) is 14.7. The summed E-state index contributed by atoms with van der Waals surface area (Å²) in [5, 5.41) is 3.18. The molecule has 0 spiro atoms. The summed E-state index contributed by atoms with van der Waals surface area (Å²) >= 11 is 0. The van der Waals surface area contributed by atoms with Gasteiger partial charge in [-0.05, 0) is 24.1 Å². The number of nitrogens with zero attached hydrogens (tertiary/aromatic N) is 2. The number of benzene rings is 1. The molecule has 21 heavy (non-hydrogen) atoms. The second-order valence-corrected chi connectivity index (χ2v) is 4.91. The van der Waals surface area contributed by atoms with Gasteiger partial charge in [0.1, 0.15) is 0 Å². The number of H-pyrrole nitrogens is 1. The van der Waals surface area contributed by atoms with E-state index < -0.39 is 0 Å². The van der Waals surface area contributed by atoms with Gasteiger partial charge in [-0.15, -0.1) is 0 Å². The van der Waals surface area contributed by atoms with E-state index in [1.165, 1.54) is 4.68 Å². The van der Waals surface area contributed by atoms with Crippen LogP contribution in [0.4, 0.5) is 0 Å². The molecule has 0 radical (unpaired) electrons. The molecule has 3 rings (SSSR count). The number of rotatable bonds is 4. The average Bonchev–Trinajstić information content (AvgIpc) is 2.86. The van der Waals surface area contributed by atoms with Gasteiger partial charge in [0.2, 0.25) is 0 Å². The average molecular weight is 279 g/mol. The molecule has 0 aliphatic rings. The van der Waals surface area contributed by atoms with Crippen LogP contribution in [0, 0.1) is 0 Å². The van der Waals surface area contributed by atoms with Crippen LogP contribution in [0.3, 0.4) is 0 Å². The molecule has 1 N–H and O–H groups in total. The monoisotopic (exact) mass is 279 g/mol. The van der Waals surface area contributed by atoms with Crippen LogP contribution in [0.25, 0.3) is 5.82 Å². The summed E-state index contributed by atoms with van der Waals surface area (Å²) in [7, 11) is 0. The van der Waals surface area contributed by atoms with Gasteiger partial charge in [0, 0.05) is 23.9 Å². The molecule has 0 amide bonds. The molecule has 1 aromatic carbocycles. The van der Waals surface area contributed by atoms with E-state index in [4.69, 9.17) is 0 Å². The Morgan fingerprint density at radius 2 is 1.86 bits per heavy atom. The van der Waals surface area contributed by atoms with Crippen molar-refractivity contribution in [2.24, 2.45) is 0 Å². The molecule has 0 unspecified atom stereocenters. The van der Waals surface area contributed by atoms with Crippen molar-refractivity contribution in [1.82, 2.24) is 14.8 Å². The molecule has 4 heteroatoms. The van der Waals surface area contributed by atoms with Gasteiger partial charge in [-0.25, -0.2) is 9.67 Å². The number of aromatic amines is 1. The third-order valence-electron chi connectivity index (χ3n) is 3.53. The van der Waals surface area contributed by atoms with Gasteiger partial charge in [-0.1, -0.05) is 43.3 Å². The van der Waals surface area contributed by atoms with E-state index in [-0.39, 0.29) is 5.56 Å². The topological polar surface area (TPSA) is 50.7 Å². The molecule has 3 aromatic rings. The van der Waals surface area contributed by atoms with Crippen LogP contribution in [0.15, 0.2) is 59.5 Å². The lowest BCUT2D eigenvalue weighted by molar-refractivity contribution is 0.794. The standard InChI is InChI=1S/C17H17N3O/c1-2-15-14(12-13-8-4-3-5-9-13)17(21)20(19-15)16-10-6-7-11-18-16/h3-11,19H,2,12H2,1H3. The van der Waals surface area contributed by atoms with Gasteiger partial charge < -0.3 is 0 Å². The number of aromatic nitrogens is 3. The molecule has 0 aliphatic heterocycles. The third kappa shape index (κ3) is 2.65. The number of nitrogens with one attached hydrogen (secondary N) is 1. The SMILES string of the molecule is CCc1[nH]n(-c2ccccn2)c(=O)c1Cc1ccccc1. The summed E-state index contributed by atoms with van der Waals surface area (Å²) in [6, 6.07) is 15.6. The van der Waals surface area contributed by atoms with E-state index >= 15 is 0 Å². The molecule has 2 heterocycles. The predicted molar refractivity (Wildman–Crippen MR) is 82.8 cm³/mol. The van der Waals surface area contributed by atoms with Crippen LogP contribution in [-0.2, 0) is 12.8 Å². The number of aryl methyl sites for hydroxylation is 1. The zero-order valence-corrected chi connectivity index (χ0v) is 11.9. The van der Waals surface area contributed by atoms with Gasteiger partial charge in [-0.3, -0.25) is 9.89 Å². The van der Waals surface area contributed by atoms with Crippen molar-refractivity contribution in [3.8, 4) is 5.82 Å². The normalized spacial score (nSPS) is 10.7. The molecule has 0 bridgehead atoms. The first kappa shape index (κ1) is 13.4. The quantitative estimate of drug-likeness (QED) is 0.798. The molecular weight excluding hydrogens is 262 g/mol. The molecule has 0 aliphatic carbocycles. The minimum absolute atomic E-state index is 0.0191. The van der Waals surface area contributed by atoms with Crippen molar-refractivity contribution < 1.29 is 0 Å². The van der Waals surface area contributed by atoms with Gasteiger partial charge in [-0.2, -0.15) is 0 Å². The van der Waals surface area contributed by atoms with E-state index in [1.54, 1.807) is 6.20 Å². The second-order valence-electron chi connectivity index (χ2n) is 4.91. The van der Waals surface area contributed by atoms with Crippen LogP contribution in [-0.4, -0.2) is 14.8 Å². The molecular formula is C17H17N3O. The van der Waals surface area contributed by atoms with Gasteiger partial charge in [0.05, 0.1) is 0 Å². The second kappa shape index (κ2) is 5.79. The zero-order valence-electron chi connectivity index (χ0n) is 11.9. The van der Waals surface area contributed by atoms with Crippen molar-refractivity contribution in [3.63, 3.8) is 0 Å². The van der Waals surface area contributed by atoms with Crippen LogP contribution < -0.4 is 5.56 Å². The maximum Gasteiger partial charge on any atom is 0.276 e. The predicted octanol–water partition coefficient (Wildman–Crippen LogP) is 2.71. The Morgan fingerprint density at radius 1 is 1.10 bits per heavy atom. The van der Waals surface area contributed by atoms with E-state index in [9.17, 15) is 4.79 Å². The molecule has 0 saturated heterocycles. The highest BCUT2D eigenvalue weighted by atomic mass is 16.1. The fourth-order valence-electron chi connectivity index (χ4n) is 2.44. The van der Waals surface area contributed by atoms with Crippen LogP contribution in [0.1, 0.15) is 23.7 Å².